The minimum Gasteiger partial charge on any atom is -0.544 e. The topological polar surface area (TPSA) is 40.8 Å². The normalized spacial score (nSPS) is 12.7. The van der Waals surface area contributed by atoms with Gasteiger partial charge in [0.25, 0.3) is 0 Å². The van der Waals surface area contributed by atoms with E-state index in [1.165, 1.54) is 27.5 Å². The minimum absolute atomic E-state index is 0.110. The number of para-hydroxylation sites is 2. The molecule has 0 saturated heterocycles. The number of hydrogen-bond acceptors (Lipinski definition) is 1. The third-order valence-electron chi connectivity index (χ3n) is 7.26. The van der Waals surface area contributed by atoms with Gasteiger partial charge in [-0.25, -0.2) is 0 Å². The first-order valence-corrected chi connectivity index (χ1v) is 14.6. The quantitative estimate of drug-likeness (QED) is 0.259. The van der Waals surface area contributed by atoms with E-state index in [4.69, 9.17) is 4.43 Å². The molecule has 0 fully saturated rings. The number of nitrogens with one attached hydrogen (secondary N) is 2. The molecule has 5 rings (SSSR count). The van der Waals surface area contributed by atoms with Crippen LogP contribution in [0.1, 0.15) is 43.4 Å². The van der Waals surface area contributed by atoms with Gasteiger partial charge in [-0.3, -0.25) is 0 Å². The first kappa shape index (κ1) is 21.6. The Morgan fingerprint density at radius 2 is 1.18 bits per heavy atom. The summed E-state index contributed by atoms with van der Waals surface area (Å²) in [6, 6.07) is 25.8. The third kappa shape index (κ3) is 3.89. The monoisotopic (exact) mass is 452 g/mol. The summed E-state index contributed by atoms with van der Waals surface area (Å²) >= 11 is 0. The number of aromatic amines is 2. The van der Waals surface area contributed by atoms with Crippen LogP contribution in [0.4, 0.5) is 0 Å². The second-order valence-corrected chi connectivity index (χ2v) is 15.2. The lowest BCUT2D eigenvalue weighted by Gasteiger charge is -2.36. The summed E-state index contributed by atoms with van der Waals surface area (Å²) in [4.78, 5) is 6.96. The number of H-pyrrole nitrogens is 2. The van der Waals surface area contributed by atoms with Crippen molar-refractivity contribution in [2.45, 2.75) is 44.8 Å². The van der Waals surface area contributed by atoms with E-state index in [0.717, 1.165) is 16.8 Å². The largest absolute Gasteiger partial charge is 0.544 e. The zero-order chi connectivity index (χ0) is 23.2. The molecule has 0 radical (unpaired) electrons. The predicted octanol–water partition coefficient (Wildman–Crippen LogP) is 8.21. The molecule has 2 heterocycles. The highest BCUT2D eigenvalue weighted by molar-refractivity contribution is 6.74. The lowest BCUT2D eigenvalue weighted by atomic mass is 9.85. The van der Waals surface area contributed by atoms with Crippen LogP contribution in [-0.4, -0.2) is 18.3 Å². The van der Waals surface area contributed by atoms with Crippen LogP contribution < -0.4 is 4.43 Å². The number of rotatable bonds is 5. The highest BCUT2D eigenvalue weighted by Gasteiger charge is 2.39. The smallest absolute Gasteiger partial charge is 0.250 e. The van der Waals surface area contributed by atoms with Crippen molar-refractivity contribution in [1.82, 2.24) is 9.97 Å². The highest BCUT2D eigenvalue weighted by atomic mass is 28.4. The van der Waals surface area contributed by atoms with Crippen LogP contribution in [0.5, 0.6) is 5.75 Å². The van der Waals surface area contributed by atoms with Gasteiger partial charge in [-0.2, -0.15) is 0 Å². The summed E-state index contributed by atoms with van der Waals surface area (Å²) in [5, 5.41) is 2.69. The van der Waals surface area contributed by atoms with E-state index in [0.29, 0.717) is 0 Å². The maximum absolute atomic E-state index is 6.55. The van der Waals surface area contributed by atoms with Crippen molar-refractivity contribution in [3.8, 4) is 5.75 Å². The Morgan fingerprint density at radius 1 is 0.697 bits per heavy atom. The van der Waals surface area contributed by atoms with Crippen molar-refractivity contribution in [3.05, 3.63) is 102 Å². The average molecular weight is 453 g/mol. The van der Waals surface area contributed by atoms with Gasteiger partial charge in [0.1, 0.15) is 5.75 Å². The van der Waals surface area contributed by atoms with Crippen molar-refractivity contribution >= 4 is 30.1 Å². The summed E-state index contributed by atoms with van der Waals surface area (Å²) in [6.07, 6.45) is 4.33. The SMILES string of the molecule is CC(C)(C)[Si](C)(C)Oc1ccc(C(c2c[nH]c3ccccc23)c2c[nH]c3ccccc23)cc1. The van der Waals surface area contributed by atoms with Crippen molar-refractivity contribution in [2.24, 2.45) is 0 Å². The fourth-order valence-corrected chi connectivity index (χ4v) is 5.40. The van der Waals surface area contributed by atoms with Gasteiger partial charge in [0, 0.05) is 40.1 Å². The van der Waals surface area contributed by atoms with Gasteiger partial charge in [-0.15, -0.1) is 0 Å². The van der Waals surface area contributed by atoms with Crippen LogP contribution in [0.2, 0.25) is 18.1 Å². The third-order valence-corrected chi connectivity index (χ3v) is 11.6. The van der Waals surface area contributed by atoms with E-state index >= 15 is 0 Å². The lowest BCUT2D eigenvalue weighted by Crippen LogP contribution is -2.43. The molecule has 0 saturated carbocycles. The molecule has 168 valence electrons. The Morgan fingerprint density at radius 3 is 1.67 bits per heavy atom. The summed E-state index contributed by atoms with van der Waals surface area (Å²) in [7, 11) is -1.88. The summed E-state index contributed by atoms with van der Waals surface area (Å²) in [5.41, 5.74) is 6.15. The molecule has 4 heteroatoms. The van der Waals surface area contributed by atoms with Crippen LogP contribution in [0, 0.1) is 0 Å². The molecule has 33 heavy (non-hydrogen) atoms. The van der Waals surface area contributed by atoms with Gasteiger partial charge in [0.15, 0.2) is 0 Å². The Labute approximate surface area is 196 Å². The molecule has 5 aromatic rings. The molecular formula is C29H32N2OSi. The van der Waals surface area contributed by atoms with Crippen molar-refractivity contribution in [3.63, 3.8) is 0 Å². The van der Waals surface area contributed by atoms with Gasteiger partial charge in [-0.1, -0.05) is 69.3 Å². The molecule has 2 N–H and O–H groups in total. The summed E-state index contributed by atoms with van der Waals surface area (Å²) < 4.78 is 6.55. The van der Waals surface area contributed by atoms with Gasteiger partial charge >= 0.3 is 0 Å². The molecule has 0 aliphatic carbocycles. The van der Waals surface area contributed by atoms with Gasteiger partial charge in [-0.05, 0) is 59.1 Å². The van der Waals surface area contributed by atoms with Crippen molar-refractivity contribution < 1.29 is 4.43 Å². The molecule has 0 amide bonds. The number of hydrogen-bond donors (Lipinski definition) is 2. The molecule has 0 atom stereocenters. The second-order valence-electron chi connectivity index (χ2n) is 10.4. The number of aromatic nitrogens is 2. The van der Waals surface area contributed by atoms with Crippen LogP contribution in [-0.2, 0) is 0 Å². The predicted molar refractivity (Wildman–Crippen MR) is 142 cm³/mol. The van der Waals surface area contributed by atoms with E-state index in [1.807, 2.05) is 0 Å². The molecule has 0 aliphatic rings. The molecule has 3 aromatic carbocycles. The highest BCUT2D eigenvalue weighted by Crippen LogP contribution is 2.41. The van der Waals surface area contributed by atoms with Gasteiger partial charge in [0.2, 0.25) is 8.32 Å². The Balaban J connectivity index is 1.61. The average Bonchev–Trinajstić information content (AvgIpc) is 3.40. The first-order valence-electron chi connectivity index (χ1n) is 11.7. The maximum atomic E-state index is 6.55. The Bertz CT molecular complexity index is 1330. The standard InChI is InChI=1S/C29H32N2OSi/c1-29(2,3)33(4,5)32-21-16-14-20(15-17-21)28(24-18-30-26-12-8-6-10-22(24)26)25-19-31-27-13-9-7-11-23(25)27/h6-19,28,30-31H,1-5H3. The molecular weight excluding hydrogens is 420 g/mol. The van der Waals surface area contributed by atoms with E-state index in [1.54, 1.807) is 0 Å². The molecule has 0 unspecified atom stereocenters. The van der Waals surface area contributed by atoms with Crippen molar-refractivity contribution in [1.29, 1.82) is 0 Å². The van der Waals surface area contributed by atoms with E-state index in [9.17, 15) is 0 Å². The summed E-state index contributed by atoms with van der Waals surface area (Å²) in [5.74, 6) is 1.07. The molecule has 3 nitrogen and oxygen atoms in total. The molecule has 0 spiro atoms. The lowest BCUT2D eigenvalue weighted by molar-refractivity contribution is 0.492. The van der Waals surface area contributed by atoms with E-state index < -0.39 is 8.32 Å². The number of benzene rings is 3. The van der Waals surface area contributed by atoms with Crippen LogP contribution in [0.25, 0.3) is 21.8 Å². The Kier molecular flexibility index (Phi) is 5.21. The molecule has 0 aliphatic heterocycles. The Hall–Kier alpha value is -3.24. The molecule has 2 aromatic heterocycles. The van der Waals surface area contributed by atoms with Crippen LogP contribution in [0.3, 0.4) is 0 Å². The summed E-state index contributed by atoms with van der Waals surface area (Å²) in [6.45, 7) is 11.4. The zero-order valence-corrected chi connectivity index (χ0v) is 21.1. The van der Waals surface area contributed by atoms with Crippen LogP contribution >= 0.6 is 0 Å². The minimum atomic E-state index is -1.88. The van der Waals surface area contributed by atoms with Gasteiger partial charge in [0.05, 0.1) is 0 Å². The number of fused-ring (bicyclic) bond motifs is 2. The van der Waals surface area contributed by atoms with E-state index in [-0.39, 0.29) is 11.0 Å². The van der Waals surface area contributed by atoms with E-state index in [2.05, 4.69) is 129 Å². The van der Waals surface area contributed by atoms with Crippen LogP contribution in [0.15, 0.2) is 85.2 Å². The maximum Gasteiger partial charge on any atom is 0.250 e. The molecule has 0 bridgehead atoms. The first-order chi connectivity index (χ1) is 15.7. The van der Waals surface area contributed by atoms with Crippen molar-refractivity contribution in [2.75, 3.05) is 0 Å². The second kappa shape index (κ2) is 7.96. The zero-order valence-electron chi connectivity index (χ0n) is 20.1. The fourth-order valence-electron chi connectivity index (χ4n) is 4.37. The van der Waals surface area contributed by atoms with Gasteiger partial charge < -0.3 is 14.4 Å². The fraction of sp³-hybridized carbons (Fsp3) is 0.241.